The smallest absolute Gasteiger partial charge is 0.336 e. The van der Waals surface area contributed by atoms with E-state index in [9.17, 15) is 19.8 Å². The summed E-state index contributed by atoms with van der Waals surface area (Å²) in [6.45, 7) is 15.6. The van der Waals surface area contributed by atoms with Crippen LogP contribution in [0.4, 0.5) is 0 Å². The first-order valence-electron chi connectivity index (χ1n) is 13.4. The van der Waals surface area contributed by atoms with Crippen LogP contribution in [0, 0.1) is 0 Å². The van der Waals surface area contributed by atoms with E-state index in [4.69, 9.17) is 28.4 Å². The van der Waals surface area contributed by atoms with Gasteiger partial charge in [-0.25, -0.2) is 9.59 Å². The van der Waals surface area contributed by atoms with Crippen LogP contribution in [0.3, 0.4) is 0 Å². The first-order valence-corrected chi connectivity index (χ1v) is 13.4. The maximum Gasteiger partial charge on any atom is 0.336 e. The predicted molar refractivity (Wildman–Crippen MR) is 141 cm³/mol. The summed E-state index contributed by atoms with van der Waals surface area (Å²) in [5.74, 6) is -2.73. The van der Waals surface area contributed by atoms with Gasteiger partial charge in [-0.3, -0.25) is 0 Å². The molecule has 6 atom stereocenters. The van der Waals surface area contributed by atoms with Gasteiger partial charge in [-0.15, -0.1) is 0 Å². The van der Waals surface area contributed by atoms with Crippen molar-refractivity contribution in [2.24, 2.45) is 0 Å². The van der Waals surface area contributed by atoms with Crippen molar-refractivity contribution in [1.82, 2.24) is 0 Å². The molecule has 0 bridgehead atoms. The van der Waals surface area contributed by atoms with Gasteiger partial charge in [-0.2, -0.15) is 0 Å². The van der Waals surface area contributed by atoms with Gasteiger partial charge < -0.3 is 38.6 Å². The molecule has 0 saturated carbocycles. The molecule has 0 aliphatic heterocycles. The molecule has 6 unspecified atom stereocenters. The first-order chi connectivity index (χ1) is 17.9. The summed E-state index contributed by atoms with van der Waals surface area (Å²) in [6, 6.07) is 2.81. The minimum atomic E-state index is -1.38. The number of hydrogen-bond acceptors (Lipinski definition) is 8. The highest BCUT2D eigenvalue weighted by molar-refractivity contribution is 6.03. The summed E-state index contributed by atoms with van der Waals surface area (Å²) in [6.07, 6.45) is -0.143. The van der Waals surface area contributed by atoms with Crippen molar-refractivity contribution in [2.75, 3.05) is 13.2 Å². The molecule has 0 heterocycles. The van der Waals surface area contributed by atoms with E-state index >= 15 is 0 Å². The third kappa shape index (κ3) is 11.3. The zero-order valence-electron chi connectivity index (χ0n) is 24.0. The summed E-state index contributed by atoms with van der Waals surface area (Å²) in [5.41, 5.74) is -0.0399. The zero-order valence-corrected chi connectivity index (χ0v) is 24.0. The lowest BCUT2D eigenvalue weighted by Gasteiger charge is -2.29. The molecular weight excluding hydrogens is 496 g/mol. The van der Waals surface area contributed by atoms with Crippen molar-refractivity contribution in [3.05, 3.63) is 34.4 Å². The monoisotopic (exact) mass is 542 g/mol. The number of aromatic carboxylic acids is 2. The first kappa shape index (κ1) is 33.9. The van der Waals surface area contributed by atoms with Crippen LogP contribution in [0.25, 0.3) is 0 Å². The summed E-state index contributed by atoms with van der Waals surface area (Å²) in [5, 5.41) is 19.7. The number of carbonyl (C=O) groups is 2. The maximum absolute atomic E-state index is 12.3. The van der Waals surface area contributed by atoms with E-state index in [0.717, 1.165) is 25.7 Å². The molecule has 218 valence electrons. The van der Waals surface area contributed by atoms with Gasteiger partial charge in [-0.1, -0.05) is 32.8 Å². The Morgan fingerprint density at radius 3 is 1.58 bits per heavy atom. The maximum atomic E-state index is 12.3. The van der Waals surface area contributed by atoms with Crippen molar-refractivity contribution in [3.8, 4) is 0 Å². The van der Waals surface area contributed by atoms with Crippen molar-refractivity contribution in [1.29, 1.82) is 0 Å². The Labute approximate surface area is 226 Å². The van der Waals surface area contributed by atoms with E-state index in [1.807, 2.05) is 0 Å². The predicted octanol–water partition coefficient (Wildman–Crippen LogP) is 6.29. The van der Waals surface area contributed by atoms with Crippen molar-refractivity contribution >= 4 is 11.9 Å². The number of unbranched alkanes of at least 4 members (excludes halogenated alkanes) is 2. The Morgan fingerprint density at radius 1 is 0.684 bits per heavy atom. The molecule has 10 nitrogen and oxygen atoms in total. The number of carboxylic acids is 2. The largest absolute Gasteiger partial charge is 0.478 e. The van der Waals surface area contributed by atoms with Gasteiger partial charge in [0.15, 0.2) is 25.2 Å². The van der Waals surface area contributed by atoms with Crippen LogP contribution in [0.15, 0.2) is 12.1 Å². The van der Waals surface area contributed by atoms with Crippen molar-refractivity contribution in [3.63, 3.8) is 0 Å². The fraction of sp³-hybridized carbons (Fsp3) is 0.714. The van der Waals surface area contributed by atoms with E-state index in [2.05, 4.69) is 13.8 Å². The average Bonchev–Trinajstić information content (AvgIpc) is 2.82. The summed E-state index contributed by atoms with van der Waals surface area (Å²) >= 11 is 0. The SMILES string of the molecule is CCCCOC(C)OC(C)OC(C)c1ccc(C(=O)O)c(C(=O)O)c1C(C)OC(C)OC(C)OCCCC. The van der Waals surface area contributed by atoms with Crippen LogP contribution in [-0.2, 0) is 28.4 Å². The lowest BCUT2D eigenvalue weighted by Crippen LogP contribution is -2.27. The molecule has 1 aromatic carbocycles. The van der Waals surface area contributed by atoms with Crippen molar-refractivity contribution in [2.45, 2.75) is 118 Å². The molecule has 0 saturated heterocycles. The van der Waals surface area contributed by atoms with Gasteiger partial charge in [0.2, 0.25) is 0 Å². The molecule has 0 amide bonds. The molecule has 0 radical (unpaired) electrons. The highest BCUT2D eigenvalue weighted by Gasteiger charge is 2.30. The van der Waals surface area contributed by atoms with Gasteiger partial charge >= 0.3 is 11.9 Å². The van der Waals surface area contributed by atoms with Crippen LogP contribution >= 0.6 is 0 Å². The van der Waals surface area contributed by atoms with Crippen LogP contribution in [0.1, 0.15) is 125 Å². The lowest BCUT2D eigenvalue weighted by molar-refractivity contribution is -0.247. The standard InChI is InChI=1S/C28H46O10/c1-9-11-15-33-19(5)37-21(7)35-17(3)23-13-14-24(27(29)30)26(28(31)32)25(23)18(4)36-22(8)38-20(6)34-16-12-10-2/h13-14,17-22H,9-12,15-16H2,1-8H3,(H,29,30)(H,31,32). The Bertz CT molecular complexity index is 858. The minimum absolute atomic E-state index is 0.194. The van der Waals surface area contributed by atoms with E-state index < -0.39 is 49.3 Å². The molecule has 0 spiro atoms. The third-order valence-electron chi connectivity index (χ3n) is 5.83. The highest BCUT2D eigenvalue weighted by atomic mass is 16.8. The Morgan fingerprint density at radius 2 is 1.16 bits per heavy atom. The Balaban J connectivity index is 3.17. The topological polar surface area (TPSA) is 130 Å². The fourth-order valence-corrected chi connectivity index (χ4v) is 4.02. The number of ether oxygens (including phenoxy) is 6. The van der Waals surface area contributed by atoms with Gasteiger partial charge in [0.1, 0.15) is 0 Å². The van der Waals surface area contributed by atoms with E-state index in [0.29, 0.717) is 18.8 Å². The summed E-state index contributed by atoms with van der Waals surface area (Å²) in [7, 11) is 0. The van der Waals surface area contributed by atoms with Gasteiger partial charge in [0.25, 0.3) is 0 Å². The molecule has 10 heteroatoms. The van der Waals surface area contributed by atoms with Gasteiger partial charge in [0.05, 0.1) is 23.3 Å². The quantitative estimate of drug-likeness (QED) is 0.143. The zero-order chi connectivity index (χ0) is 28.8. The van der Waals surface area contributed by atoms with Crippen molar-refractivity contribution < 1.29 is 48.2 Å². The minimum Gasteiger partial charge on any atom is -0.478 e. The van der Waals surface area contributed by atoms with E-state index in [-0.39, 0.29) is 16.7 Å². The molecular formula is C28H46O10. The van der Waals surface area contributed by atoms with Crippen LogP contribution in [-0.4, -0.2) is 60.5 Å². The molecule has 0 aliphatic carbocycles. The summed E-state index contributed by atoms with van der Waals surface area (Å²) in [4.78, 5) is 24.1. The van der Waals surface area contributed by atoms with Crippen LogP contribution < -0.4 is 0 Å². The normalized spacial score (nSPS) is 16.4. The number of rotatable bonds is 20. The average molecular weight is 543 g/mol. The molecule has 0 aromatic heterocycles. The number of benzene rings is 1. The number of carboxylic acid groups (broad SMARTS) is 2. The van der Waals surface area contributed by atoms with Gasteiger partial charge in [0, 0.05) is 18.8 Å². The lowest BCUT2D eigenvalue weighted by atomic mass is 9.90. The molecule has 0 aliphatic rings. The van der Waals surface area contributed by atoms with Gasteiger partial charge in [-0.05, 0) is 66.0 Å². The second-order valence-corrected chi connectivity index (χ2v) is 9.15. The molecule has 0 fully saturated rings. The molecule has 38 heavy (non-hydrogen) atoms. The summed E-state index contributed by atoms with van der Waals surface area (Å²) < 4.78 is 34.7. The fourth-order valence-electron chi connectivity index (χ4n) is 4.02. The number of hydrogen-bond donors (Lipinski definition) is 2. The molecule has 2 N–H and O–H groups in total. The third-order valence-corrected chi connectivity index (χ3v) is 5.83. The second kappa shape index (κ2) is 17.5. The molecule has 1 aromatic rings. The highest BCUT2D eigenvalue weighted by Crippen LogP contribution is 2.35. The van der Waals surface area contributed by atoms with E-state index in [1.165, 1.54) is 6.07 Å². The van der Waals surface area contributed by atoms with E-state index in [1.54, 1.807) is 47.6 Å². The van der Waals surface area contributed by atoms with Crippen LogP contribution in [0.5, 0.6) is 0 Å². The second-order valence-electron chi connectivity index (χ2n) is 9.15. The van der Waals surface area contributed by atoms with Crippen LogP contribution in [0.2, 0.25) is 0 Å². The Kier molecular flexibility index (Phi) is 15.6. The Hall–Kier alpha value is -2.08. The molecule has 1 rings (SSSR count).